The molecule has 0 unspecified atom stereocenters. The zero-order chi connectivity index (χ0) is 35.9. The third kappa shape index (κ3) is 9.68. The van der Waals surface area contributed by atoms with Gasteiger partial charge in [0.25, 0.3) is 0 Å². The van der Waals surface area contributed by atoms with Gasteiger partial charge in [-0.2, -0.15) is 74.0 Å². The summed E-state index contributed by atoms with van der Waals surface area (Å²) in [6, 6.07) is 46.6. The minimum absolute atomic E-state index is 0. The largest absolute Gasteiger partial charge is 0.510 e. The van der Waals surface area contributed by atoms with Crippen molar-refractivity contribution in [2.24, 2.45) is 0 Å². The van der Waals surface area contributed by atoms with Gasteiger partial charge in [-0.3, -0.25) is 0 Å². The van der Waals surface area contributed by atoms with E-state index in [1.807, 2.05) is 183 Å². The van der Waals surface area contributed by atoms with E-state index in [1.54, 1.807) is 0 Å². The second-order valence-corrected chi connectivity index (χ2v) is 12.4. The molecule has 2 aliphatic heterocycles. The van der Waals surface area contributed by atoms with Crippen LogP contribution in [0.1, 0.15) is 11.4 Å². The summed E-state index contributed by atoms with van der Waals surface area (Å²) in [5, 5.41) is 4.67. The maximum absolute atomic E-state index is 4.46. The molecule has 0 fully saturated rings. The van der Waals surface area contributed by atoms with Gasteiger partial charge in [-0.1, -0.05) is 95.5 Å². The summed E-state index contributed by atoms with van der Waals surface area (Å²) >= 11 is 0. The molecular weight excluding hydrogens is 1030 g/mol. The van der Waals surface area contributed by atoms with Crippen LogP contribution in [0.5, 0.6) is 0 Å². The Morgan fingerprint density at radius 2 is 0.889 bits per heavy atom. The van der Waals surface area contributed by atoms with E-state index in [-0.39, 0.29) is 42.1 Å². The first-order chi connectivity index (χ1) is 25.4. The molecule has 4 aromatic heterocycles. The number of pyridine rings is 2. The molecule has 8 nitrogen and oxygen atoms in total. The maximum Gasteiger partial charge on any atom is 0 e. The smallest absolute Gasteiger partial charge is 0 e. The molecule has 0 atom stereocenters. The molecule has 10 heteroatoms. The molecule has 0 saturated heterocycles. The van der Waals surface area contributed by atoms with Crippen LogP contribution in [-0.2, 0) is 42.1 Å². The monoisotopic (exact) mass is 1070 g/mol. The fourth-order valence-electron chi connectivity index (χ4n) is 5.78. The average Bonchev–Trinajstić information content (AvgIpc) is 3.97. The van der Waals surface area contributed by atoms with Gasteiger partial charge in [0.2, 0.25) is 0 Å². The summed E-state index contributed by atoms with van der Waals surface area (Å²) in [6.45, 7) is 7.98. The van der Waals surface area contributed by atoms with Crippen molar-refractivity contribution in [1.29, 1.82) is 0 Å². The summed E-state index contributed by atoms with van der Waals surface area (Å²) in [4.78, 5) is 25.8. The number of anilines is 2. The third-order valence-electron chi connectivity index (χ3n) is 8.35. The Hall–Kier alpha value is -5.16. The van der Waals surface area contributed by atoms with Crippen LogP contribution in [-0.4, -0.2) is 33.9 Å². The van der Waals surface area contributed by atoms with Crippen molar-refractivity contribution in [1.82, 2.24) is 29.7 Å². The zero-order valence-electron chi connectivity index (χ0n) is 30.2. The Kier molecular flexibility index (Phi) is 13.9. The molecule has 0 aliphatic carbocycles. The molecule has 0 N–H and O–H groups in total. The van der Waals surface area contributed by atoms with Gasteiger partial charge < -0.3 is 39.5 Å². The van der Waals surface area contributed by atoms with E-state index in [4.69, 9.17) is 0 Å². The quantitative estimate of drug-likeness (QED) is 0.159. The summed E-state index contributed by atoms with van der Waals surface area (Å²) in [5.41, 5.74) is 7.93. The van der Waals surface area contributed by atoms with Crippen LogP contribution in [0.3, 0.4) is 0 Å². The van der Waals surface area contributed by atoms with Gasteiger partial charge in [-0.25, -0.2) is 0 Å². The fraction of sp³-hybridized carbons (Fsp3) is 0.0909. The minimum Gasteiger partial charge on any atom is -0.510 e. The third-order valence-corrected chi connectivity index (χ3v) is 8.35. The molecule has 2 aliphatic rings. The van der Waals surface area contributed by atoms with Crippen LogP contribution >= 0.6 is 0 Å². The van der Waals surface area contributed by atoms with Crippen molar-refractivity contribution in [2.45, 2.75) is 13.8 Å². The van der Waals surface area contributed by atoms with Gasteiger partial charge in [-0.05, 0) is 85.3 Å². The van der Waals surface area contributed by atoms with Crippen molar-refractivity contribution >= 4 is 55.2 Å². The maximum atomic E-state index is 4.46. The number of aromatic nitrogens is 4. The first-order valence-corrected chi connectivity index (χ1v) is 17.0. The molecular formula is C44H38N8Pt2-6. The molecule has 0 spiro atoms. The first-order valence-electron chi connectivity index (χ1n) is 17.0. The number of hydrogen-bond donors (Lipinski definition) is 0. The number of benzene rings is 4. The number of aryl methyl sites for hydroxylation is 2. The molecule has 0 amide bonds. The summed E-state index contributed by atoms with van der Waals surface area (Å²) in [7, 11) is 4.00. The van der Waals surface area contributed by atoms with Gasteiger partial charge >= 0.3 is 0 Å². The molecule has 54 heavy (non-hydrogen) atoms. The van der Waals surface area contributed by atoms with E-state index in [0.29, 0.717) is 0 Å². The van der Waals surface area contributed by atoms with E-state index in [1.165, 1.54) is 10.8 Å². The van der Waals surface area contributed by atoms with Gasteiger partial charge in [-0.15, -0.1) is 11.4 Å². The molecule has 0 radical (unpaired) electrons. The average molecular weight is 1070 g/mol. The molecule has 0 saturated carbocycles. The summed E-state index contributed by atoms with van der Waals surface area (Å²) in [6.07, 6.45) is 8.01. The Bertz CT molecular complexity index is 2280. The first kappa shape index (κ1) is 40.0. The van der Waals surface area contributed by atoms with E-state index in [0.717, 1.165) is 55.9 Å². The molecule has 280 valence electrons. The number of hydrogen-bond acceptors (Lipinski definition) is 6. The summed E-state index contributed by atoms with van der Waals surface area (Å²) in [5.74, 6) is 0. The van der Waals surface area contributed by atoms with E-state index in [9.17, 15) is 0 Å². The van der Waals surface area contributed by atoms with Crippen molar-refractivity contribution in [3.8, 4) is 0 Å². The standard InChI is InChI=1S/2C12H9N2.2C10H10N2.2Pt/c2*1-8-6-7-10-9-4-2-3-5-11(9)14-12(10)13-8;2*1-11-7-8-12(9-11)10-5-3-2-4-6-10;;/h2*2-7H,1H3;2*2-5,7-9H,1H3;;/q2*-1;2*-2;;. The van der Waals surface area contributed by atoms with E-state index < -0.39 is 0 Å². The Labute approximate surface area is 345 Å². The van der Waals surface area contributed by atoms with Crippen LogP contribution in [0.4, 0.5) is 11.4 Å². The van der Waals surface area contributed by atoms with Crippen LogP contribution in [0, 0.1) is 39.3 Å². The van der Waals surface area contributed by atoms with Gasteiger partial charge in [0.15, 0.2) is 0 Å². The minimum atomic E-state index is 0. The van der Waals surface area contributed by atoms with Crippen LogP contribution < -0.4 is 19.8 Å². The summed E-state index contributed by atoms with van der Waals surface area (Å²) < 4.78 is 0. The van der Waals surface area contributed by atoms with E-state index in [2.05, 4.69) is 56.3 Å². The fourth-order valence-corrected chi connectivity index (χ4v) is 5.78. The van der Waals surface area contributed by atoms with Crippen molar-refractivity contribution in [3.63, 3.8) is 0 Å². The van der Waals surface area contributed by atoms with Crippen molar-refractivity contribution in [3.05, 3.63) is 183 Å². The molecule has 8 aromatic rings. The molecule has 4 aromatic carbocycles. The molecule has 6 heterocycles. The Morgan fingerprint density at radius 3 is 1.26 bits per heavy atom. The van der Waals surface area contributed by atoms with E-state index >= 15 is 0 Å². The van der Waals surface area contributed by atoms with Crippen LogP contribution in [0.15, 0.2) is 146 Å². The second kappa shape index (κ2) is 18.7. The predicted octanol–water partition coefficient (Wildman–Crippen LogP) is 8.96. The number of rotatable bonds is 2. The van der Waals surface area contributed by atoms with Crippen LogP contribution in [0.25, 0.3) is 43.9 Å². The number of para-hydroxylation sites is 4. The molecule has 10 rings (SSSR count). The van der Waals surface area contributed by atoms with Gasteiger partial charge in [0, 0.05) is 42.1 Å². The Morgan fingerprint density at radius 1 is 0.481 bits per heavy atom. The van der Waals surface area contributed by atoms with Gasteiger partial charge in [0.05, 0.1) is 0 Å². The normalized spacial score (nSPS) is 12.8. The van der Waals surface area contributed by atoms with Crippen molar-refractivity contribution < 1.29 is 42.1 Å². The van der Waals surface area contributed by atoms with Gasteiger partial charge in [0.1, 0.15) is 0 Å². The van der Waals surface area contributed by atoms with Crippen LogP contribution in [0.2, 0.25) is 0 Å². The number of nitrogens with zero attached hydrogens (tertiary/aromatic N) is 8. The topological polar surface area (TPSA) is 66.9 Å². The van der Waals surface area contributed by atoms with Crippen molar-refractivity contribution in [2.75, 3.05) is 23.9 Å². The number of fused-ring (bicyclic) bond motifs is 6. The Balaban J connectivity index is 0.000000137. The predicted molar refractivity (Wildman–Crippen MR) is 213 cm³/mol. The molecule has 0 bridgehead atoms. The SMILES string of the molecule is CN1C=CN(c2[c-]cccc2)[CH-]1.CN1C=CN(c2[c-]cccc2)[CH-]1.Cc1ccc2c(n1)[n-]c1ccccc12.Cc1ccc2c(n1)[n-]c1ccccc12.[Pt].[Pt]. The zero-order valence-corrected chi connectivity index (χ0v) is 34.8. The second-order valence-electron chi connectivity index (χ2n) is 12.4.